The number of piperazine rings is 1. The van der Waals surface area contributed by atoms with E-state index in [1.807, 2.05) is 25.7 Å². The molecular formula is C16H21ClN4O4. The lowest BCUT2D eigenvalue weighted by Gasteiger charge is -2.35. The lowest BCUT2D eigenvalue weighted by atomic mass is 10.2. The van der Waals surface area contributed by atoms with Crippen molar-refractivity contribution in [1.82, 2.24) is 15.1 Å². The number of likely N-dealkylation sites (tertiary alicyclic amines) is 1. The fourth-order valence-electron chi connectivity index (χ4n) is 3.25. The number of aromatic nitrogens is 2. The highest BCUT2D eigenvalue weighted by Gasteiger charge is 2.47. The zero-order chi connectivity index (χ0) is 18.4. The molecule has 0 radical (unpaired) electrons. The molecule has 2 aliphatic heterocycles. The highest BCUT2D eigenvalue weighted by Crippen LogP contribution is 2.35. The van der Waals surface area contributed by atoms with Crippen LogP contribution in [0.2, 0.25) is 5.15 Å². The molecule has 25 heavy (non-hydrogen) atoms. The summed E-state index contributed by atoms with van der Waals surface area (Å²) >= 11 is 5.92. The van der Waals surface area contributed by atoms with Gasteiger partial charge < -0.3 is 19.3 Å². The standard InChI is InChI=1S/C16H21ClN4O4/c1-16(2,3)25-15(23)21-8-9-5-10(21)7-20(9)12-6-11(14(22)24-4)13(17)19-18-12/h6,9-10H,5,7-8H2,1-4H3/t9-,10-/m0/s1. The Hall–Kier alpha value is -2.09. The van der Waals surface area contributed by atoms with Crippen LogP contribution in [0.5, 0.6) is 0 Å². The predicted octanol–water partition coefficient (Wildman–Crippen LogP) is 2.11. The maximum absolute atomic E-state index is 12.3. The van der Waals surface area contributed by atoms with Crippen LogP contribution in [0.4, 0.5) is 10.6 Å². The highest BCUT2D eigenvalue weighted by atomic mass is 35.5. The van der Waals surface area contributed by atoms with Crippen molar-refractivity contribution in [2.24, 2.45) is 0 Å². The Labute approximate surface area is 151 Å². The van der Waals surface area contributed by atoms with Gasteiger partial charge in [0.15, 0.2) is 11.0 Å². The van der Waals surface area contributed by atoms with Crippen LogP contribution in [0.15, 0.2) is 6.07 Å². The minimum atomic E-state index is -0.555. The topological polar surface area (TPSA) is 84.9 Å². The van der Waals surface area contributed by atoms with Crippen molar-refractivity contribution in [3.8, 4) is 0 Å². The number of fused-ring (bicyclic) bond motifs is 2. The average Bonchev–Trinajstić information content (AvgIpc) is 3.13. The van der Waals surface area contributed by atoms with Crippen molar-refractivity contribution in [3.05, 3.63) is 16.8 Å². The minimum Gasteiger partial charge on any atom is -0.465 e. The fraction of sp³-hybridized carbons (Fsp3) is 0.625. The van der Waals surface area contributed by atoms with Gasteiger partial charge in [-0.1, -0.05) is 11.6 Å². The van der Waals surface area contributed by atoms with E-state index in [-0.39, 0.29) is 28.9 Å². The number of methoxy groups -OCH3 is 1. The number of amides is 1. The van der Waals surface area contributed by atoms with E-state index in [1.165, 1.54) is 7.11 Å². The van der Waals surface area contributed by atoms with Crippen molar-refractivity contribution in [2.75, 3.05) is 25.1 Å². The van der Waals surface area contributed by atoms with E-state index in [1.54, 1.807) is 11.0 Å². The SMILES string of the molecule is COC(=O)c1cc(N2C[C@@H]3C[C@H]2CN3C(=O)OC(C)(C)C)nnc1Cl. The van der Waals surface area contributed by atoms with Gasteiger partial charge in [-0.05, 0) is 27.2 Å². The molecule has 2 aliphatic rings. The molecule has 2 fully saturated rings. The van der Waals surface area contributed by atoms with E-state index in [9.17, 15) is 9.59 Å². The van der Waals surface area contributed by atoms with Crippen LogP contribution >= 0.6 is 11.6 Å². The summed E-state index contributed by atoms with van der Waals surface area (Å²) in [5.41, 5.74) is -0.337. The third-order valence-corrected chi connectivity index (χ3v) is 4.58. The Morgan fingerprint density at radius 3 is 2.52 bits per heavy atom. The number of carbonyl (C=O) groups is 2. The number of rotatable bonds is 2. The third kappa shape index (κ3) is 3.49. The molecule has 0 aromatic carbocycles. The van der Waals surface area contributed by atoms with Crippen molar-refractivity contribution < 1.29 is 19.1 Å². The van der Waals surface area contributed by atoms with Gasteiger partial charge in [-0.2, -0.15) is 0 Å². The maximum atomic E-state index is 12.3. The Morgan fingerprint density at radius 1 is 1.24 bits per heavy atom. The number of anilines is 1. The van der Waals surface area contributed by atoms with Gasteiger partial charge in [0.1, 0.15) is 11.2 Å². The molecule has 3 heterocycles. The van der Waals surface area contributed by atoms with Gasteiger partial charge in [-0.25, -0.2) is 9.59 Å². The Morgan fingerprint density at radius 2 is 1.96 bits per heavy atom. The molecule has 0 spiro atoms. The van der Waals surface area contributed by atoms with Crippen LogP contribution in [0.1, 0.15) is 37.6 Å². The third-order valence-electron chi connectivity index (χ3n) is 4.30. The van der Waals surface area contributed by atoms with Crippen LogP contribution in [0.3, 0.4) is 0 Å². The molecule has 2 saturated heterocycles. The van der Waals surface area contributed by atoms with E-state index < -0.39 is 11.6 Å². The first kappa shape index (κ1) is 17.7. The van der Waals surface area contributed by atoms with E-state index in [0.717, 1.165) is 6.42 Å². The van der Waals surface area contributed by atoms with Crippen LogP contribution < -0.4 is 4.90 Å². The summed E-state index contributed by atoms with van der Waals surface area (Å²) in [7, 11) is 1.29. The fourth-order valence-corrected chi connectivity index (χ4v) is 3.42. The first-order valence-corrected chi connectivity index (χ1v) is 8.45. The second-order valence-corrected chi connectivity index (χ2v) is 7.59. The molecule has 0 saturated carbocycles. The zero-order valence-corrected chi connectivity index (χ0v) is 15.4. The number of halogens is 1. The van der Waals surface area contributed by atoms with Gasteiger partial charge in [-0.15, -0.1) is 10.2 Å². The summed E-state index contributed by atoms with van der Waals surface area (Å²) in [6.45, 7) is 6.72. The molecular weight excluding hydrogens is 348 g/mol. The number of ether oxygens (including phenoxy) is 2. The molecule has 1 aromatic rings. The van der Waals surface area contributed by atoms with Crippen LogP contribution in [0, 0.1) is 0 Å². The van der Waals surface area contributed by atoms with E-state index >= 15 is 0 Å². The Bertz CT molecular complexity index is 706. The summed E-state index contributed by atoms with van der Waals surface area (Å²) in [5, 5.41) is 7.94. The first-order valence-electron chi connectivity index (χ1n) is 8.07. The van der Waals surface area contributed by atoms with Gasteiger partial charge in [-0.3, -0.25) is 0 Å². The van der Waals surface area contributed by atoms with Crippen LogP contribution in [-0.2, 0) is 9.47 Å². The number of hydrogen-bond acceptors (Lipinski definition) is 7. The van der Waals surface area contributed by atoms with Crippen molar-refractivity contribution in [3.63, 3.8) is 0 Å². The lowest BCUT2D eigenvalue weighted by Crippen LogP contribution is -2.50. The quantitative estimate of drug-likeness (QED) is 0.739. The highest BCUT2D eigenvalue weighted by molar-refractivity contribution is 6.32. The van der Waals surface area contributed by atoms with Gasteiger partial charge in [0.2, 0.25) is 0 Å². The molecule has 2 atom stereocenters. The van der Waals surface area contributed by atoms with Crippen LogP contribution in [0.25, 0.3) is 0 Å². The van der Waals surface area contributed by atoms with Crippen LogP contribution in [-0.4, -0.2) is 65.0 Å². The normalized spacial score (nSPS) is 22.3. The van der Waals surface area contributed by atoms with Gasteiger partial charge in [0.25, 0.3) is 0 Å². The second-order valence-electron chi connectivity index (χ2n) is 7.23. The van der Waals surface area contributed by atoms with Gasteiger partial charge in [0.05, 0.1) is 19.2 Å². The first-order chi connectivity index (χ1) is 11.7. The molecule has 9 heteroatoms. The predicted molar refractivity (Wildman–Crippen MR) is 90.9 cm³/mol. The zero-order valence-electron chi connectivity index (χ0n) is 14.7. The van der Waals surface area contributed by atoms with Gasteiger partial charge >= 0.3 is 12.1 Å². The Balaban J connectivity index is 1.73. The van der Waals surface area contributed by atoms with E-state index in [2.05, 4.69) is 10.2 Å². The molecule has 0 N–H and O–H groups in total. The van der Waals surface area contributed by atoms with E-state index in [0.29, 0.717) is 18.9 Å². The minimum absolute atomic E-state index is 0.00957. The summed E-state index contributed by atoms with van der Waals surface area (Å²) < 4.78 is 10.2. The number of hydrogen-bond donors (Lipinski definition) is 0. The second kappa shape index (κ2) is 6.33. The molecule has 1 aromatic heterocycles. The molecule has 1 amide bonds. The largest absolute Gasteiger partial charge is 0.465 e. The summed E-state index contributed by atoms with van der Waals surface area (Å²) in [4.78, 5) is 27.9. The summed E-state index contributed by atoms with van der Waals surface area (Å²) in [5.74, 6) is 0.00188. The monoisotopic (exact) mass is 368 g/mol. The number of nitrogens with zero attached hydrogens (tertiary/aromatic N) is 4. The molecule has 136 valence electrons. The molecule has 0 aliphatic carbocycles. The average molecular weight is 369 g/mol. The van der Waals surface area contributed by atoms with Crippen molar-refractivity contribution in [2.45, 2.75) is 44.9 Å². The van der Waals surface area contributed by atoms with Gasteiger partial charge in [0, 0.05) is 19.2 Å². The van der Waals surface area contributed by atoms with Crippen molar-refractivity contribution in [1.29, 1.82) is 0 Å². The maximum Gasteiger partial charge on any atom is 0.410 e. The Kier molecular flexibility index (Phi) is 4.49. The number of carbonyl (C=O) groups excluding carboxylic acids is 2. The lowest BCUT2D eigenvalue weighted by molar-refractivity contribution is 0.0214. The van der Waals surface area contributed by atoms with E-state index in [4.69, 9.17) is 21.1 Å². The molecule has 3 rings (SSSR count). The molecule has 2 bridgehead atoms. The summed E-state index contributed by atoms with van der Waals surface area (Å²) in [6.07, 6.45) is 0.536. The smallest absolute Gasteiger partial charge is 0.410 e. The van der Waals surface area contributed by atoms with Crippen molar-refractivity contribution >= 4 is 29.5 Å². The summed E-state index contributed by atoms with van der Waals surface area (Å²) in [6, 6.07) is 1.75. The molecule has 8 nitrogen and oxygen atoms in total. The molecule has 0 unspecified atom stereocenters. The number of esters is 1.